The minimum Gasteiger partial charge on any atom is -0.328 e. The average Bonchev–Trinajstić information content (AvgIpc) is 3.14. The van der Waals surface area contributed by atoms with Crippen LogP contribution in [0.2, 0.25) is 5.02 Å². The summed E-state index contributed by atoms with van der Waals surface area (Å²) in [6, 6.07) is 17.6. The van der Waals surface area contributed by atoms with E-state index in [0.29, 0.717) is 22.5 Å². The standard InChI is InChI=1S/C24H23ClN4OS/c1-24(2)12-18-20(19(30)13-24)21(16-8-10-17(25)11-9-16)29-22(26-18)27-23(28-29)31-14-15-6-4-3-5-7-15/h3-11,21H,12-14H2,1-2H3,(H,26,27,28)/t21-/m0/s1. The summed E-state index contributed by atoms with van der Waals surface area (Å²) in [4.78, 5) is 18.0. The summed E-state index contributed by atoms with van der Waals surface area (Å²) in [7, 11) is 0. The summed E-state index contributed by atoms with van der Waals surface area (Å²) in [5.41, 5.74) is 3.87. The lowest BCUT2D eigenvalue weighted by atomic mass is 9.73. The smallest absolute Gasteiger partial charge is 0.227 e. The third-order valence-electron chi connectivity index (χ3n) is 5.71. The van der Waals surface area contributed by atoms with Crippen LogP contribution in [0.25, 0.3) is 0 Å². The largest absolute Gasteiger partial charge is 0.328 e. The van der Waals surface area contributed by atoms with E-state index in [-0.39, 0.29) is 17.2 Å². The summed E-state index contributed by atoms with van der Waals surface area (Å²) in [6.07, 6.45) is 1.33. The molecule has 2 heterocycles. The molecule has 0 fully saturated rings. The van der Waals surface area contributed by atoms with Crippen molar-refractivity contribution in [2.75, 3.05) is 5.32 Å². The first-order valence-corrected chi connectivity index (χ1v) is 11.7. The molecule has 1 atom stereocenters. The van der Waals surface area contributed by atoms with Crippen LogP contribution in [0.3, 0.4) is 0 Å². The molecule has 0 saturated carbocycles. The molecule has 2 aromatic carbocycles. The maximum Gasteiger partial charge on any atom is 0.227 e. The molecule has 0 saturated heterocycles. The highest BCUT2D eigenvalue weighted by Crippen LogP contribution is 2.45. The summed E-state index contributed by atoms with van der Waals surface area (Å²) in [5.74, 6) is 1.63. The van der Waals surface area contributed by atoms with Crippen molar-refractivity contribution in [2.24, 2.45) is 5.41 Å². The van der Waals surface area contributed by atoms with E-state index in [1.165, 1.54) is 5.56 Å². The molecule has 0 bridgehead atoms. The second kappa shape index (κ2) is 7.84. The van der Waals surface area contributed by atoms with Crippen LogP contribution in [0.4, 0.5) is 5.95 Å². The molecule has 0 radical (unpaired) electrons. The zero-order chi connectivity index (χ0) is 21.6. The van der Waals surface area contributed by atoms with Gasteiger partial charge in [0.2, 0.25) is 11.1 Å². The first kappa shape index (κ1) is 20.3. The number of hydrogen-bond acceptors (Lipinski definition) is 5. The van der Waals surface area contributed by atoms with Crippen LogP contribution in [0.15, 0.2) is 71.0 Å². The molecule has 1 aliphatic carbocycles. The molecule has 1 N–H and O–H groups in total. The Morgan fingerprint density at radius 2 is 1.87 bits per heavy atom. The van der Waals surface area contributed by atoms with E-state index in [0.717, 1.165) is 29.0 Å². The fourth-order valence-electron chi connectivity index (χ4n) is 4.33. The number of thioether (sulfide) groups is 1. The molecule has 1 aliphatic heterocycles. The number of allylic oxidation sites excluding steroid dienone is 2. The Kier molecular flexibility index (Phi) is 5.15. The molecular formula is C24H23ClN4OS. The number of fused-ring (bicyclic) bond motifs is 1. The molecule has 158 valence electrons. The lowest BCUT2D eigenvalue weighted by molar-refractivity contribution is -0.118. The van der Waals surface area contributed by atoms with E-state index < -0.39 is 0 Å². The lowest BCUT2D eigenvalue weighted by Crippen LogP contribution is -2.36. The van der Waals surface area contributed by atoms with E-state index in [2.05, 4.69) is 31.3 Å². The summed E-state index contributed by atoms with van der Waals surface area (Å²) >= 11 is 7.72. The van der Waals surface area contributed by atoms with Gasteiger partial charge >= 0.3 is 0 Å². The monoisotopic (exact) mass is 450 g/mol. The number of benzene rings is 2. The summed E-state index contributed by atoms with van der Waals surface area (Å²) in [5, 5.41) is 9.58. The van der Waals surface area contributed by atoms with Gasteiger partial charge in [-0.05, 0) is 35.1 Å². The number of carbonyl (C=O) groups excluding carboxylic acids is 1. The molecule has 7 heteroatoms. The van der Waals surface area contributed by atoms with Gasteiger partial charge in [0, 0.05) is 28.5 Å². The highest BCUT2D eigenvalue weighted by atomic mass is 35.5. The van der Waals surface area contributed by atoms with Crippen LogP contribution in [0.1, 0.15) is 43.9 Å². The average molecular weight is 451 g/mol. The van der Waals surface area contributed by atoms with Gasteiger partial charge in [0.15, 0.2) is 5.78 Å². The van der Waals surface area contributed by atoms with Crippen molar-refractivity contribution in [3.63, 3.8) is 0 Å². The number of hydrogen-bond donors (Lipinski definition) is 1. The van der Waals surface area contributed by atoms with E-state index in [4.69, 9.17) is 21.7 Å². The van der Waals surface area contributed by atoms with Crippen molar-refractivity contribution in [3.8, 4) is 0 Å². The molecule has 5 rings (SSSR count). The second-order valence-electron chi connectivity index (χ2n) is 8.85. The Morgan fingerprint density at radius 3 is 2.61 bits per heavy atom. The number of Topliss-reactive ketones (excluding diaryl/α,β-unsaturated/α-hetero) is 1. The normalized spacial score (nSPS) is 19.6. The van der Waals surface area contributed by atoms with E-state index in [1.54, 1.807) is 11.8 Å². The summed E-state index contributed by atoms with van der Waals surface area (Å²) in [6.45, 7) is 4.27. The highest BCUT2D eigenvalue weighted by molar-refractivity contribution is 7.98. The van der Waals surface area contributed by atoms with Crippen LogP contribution in [-0.2, 0) is 10.5 Å². The molecular weight excluding hydrogens is 428 g/mol. The third-order valence-corrected chi connectivity index (χ3v) is 6.87. The minimum atomic E-state index is -0.300. The number of rotatable bonds is 4. The molecule has 31 heavy (non-hydrogen) atoms. The van der Waals surface area contributed by atoms with Gasteiger partial charge in [0.1, 0.15) is 6.04 Å². The number of aromatic nitrogens is 3. The predicted molar refractivity (Wildman–Crippen MR) is 124 cm³/mol. The Labute approximate surface area is 190 Å². The Balaban J connectivity index is 1.54. The van der Waals surface area contributed by atoms with Crippen LogP contribution in [0.5, 0.6) is 0 Å². The van der Waals surface area contributed by atoms with Gasteiger partial charge in [-0.15, -0.1) is 5.10 Å². The minimum absolute atomic E-state index is 0.0828. The van der Waals surface area contributed by atoms with Crippen LogP contribution < -0.4 is 5.32 Å². The van der Waals surface area contributed by atoms with Crippen molar-refractivity contribution in [3.05, 3.63) is 82.0 Å². The number of halogens is 1. The number of nitrogens with zero attached hydrogens (tertiary/aromatic N) is 3. The van der Waals surface area contributed by atoms with E-state index >= 15 is 0 Å². The van der Waals surface area contributed by atoms with Gasteiger partial charge in [-0.1, -0.05) is 79.7 Å². The van der Waals surface area contributed by atoms with Crippen LogP contribution in [-0.4, -0.2) is 20.5 Å². The Morgan fingerprint density at radius 1 is 1.13 bits per heavy atom. The predicted octanol–water partition coefficient (Wildman–Crippen LogP) is 5.88. The molecule has 3 aromatic rings. The van der Waals surface area contributed by atoms with Gasteiger partial charge in [-0.25, -0.2) is 4.68 Å². The zero-order valence-corrected chi connectivity index (χ0v) is 19.0. The number of nitrogens with one attached hydrogen (secondary N) is 1. The molecule has 5 nitrogen and oxygen atoms in total. The van der Waals surface area contributed by atoms with Crippen LogP contribution in [0, 0.1) is 5.41 Å². The molecule has 1 aromatic heterocycles. The van der Waals surface area contributed by atoms with Crippen LogP contribution >= 0.6 is 23.4 Å². The molecule has 0 spiro atoms. The fourth-order valence-corrected chi connectivity index (χ4v) is 5.24. The molecule has 0 amide bonds. The fraction of sp³-hybridized carbons (Fsp3) is 0.292. The lowest BCUT2D eigenvalue weighted by Gasteiger charge is -2.38. The third kappa shape index (κ3) is 4.02. The highest BCUT2D eigenvalue weighted by Gasteiger charge is 2.41. The van der Waals surface area contributed by atoms with Crippen molar-refractivity contribution < 1.29 is 4.79 Å². The van der Waals surface area contributed by atoms with Gasteiger partial charge in [0.05, 0.1) is 0 Å². The molecule has 0 unspecified atom stereocenters. The van der Waals surface area contributed by atoms with Crippen molar-refractivity contribution in [1.29, 1.82) is 0 Å². The topological polar surface area (TPSA) is 59.8 Å². The molecule has 2 aliphatic rings. The number of ketones is 1. The second-order valence-corrected chi connectivity index (χ2v) is 10.2. The SMILES string of the molecule is CC1(C)CC(=O)C2=C(C1)Nc1nc(SCc3ccccc3)nn1[C@H]2c1ccc(Cl)cc1. The van der Waals surface area contributed by atoms with Crippen molar-refractivity contribution in [1.82, 2.24) is 14.8 Å². The quantitative estimate of drug-likeness (QED) is 0.503. The number of anilines is 1. The summed E-state index contributed by atoms with van der Waals surface area (Å²) < 4.78 is 1.85. The van der Waals surface area contributed by atoms with Gasteiger partial charge in [-0.2, -0.15) is 4.98 Å². The Hall–Kier alpha value is -2.57. The van der Waals surface area contributed by atoms with E-state index in [1.807, 2.05) is 47.1 Å². The maximum atomic E-state index is 13.2. The van der Waals surface area contributed by atoms with Crippen molar-refractivity contribution >= 4 is 35.1 Å². The van der Waals surface area contributed by atoms with Crippen molar-refractivity contribution in [2.45, 2.75) is 43.6 Å². The number of carbonyl (C=O) groups is 1. The Bertz CT molecular complexity index is 1170. The van der Waals surface area contributed by atoms with Gasteiger partial charge < -0.3 is 5.32 Å². The maximum absolute atomic E-state index is 13.2. The zero-order valence-electron chi connectivity index (χ0n) is 17.4. The van der Waals surface area contributed by atoms with Gasteiger partial charge in [0.25, 0.3) is 0 Å². The van der Waals surface area contributed by atoms with E-state index in [9.17, 15) is 4.79 Å². The first-order valence-electron chi connectivity index (χ1n) is 10.3. The van der Waals surface area contributed by atoms with Gasteiger partial charge in [-0.3, -0.25) is 4.79 Å². The first-order chi connectivity index (χ1) is 14.9.